The predicted molar refractivity (Wildman–Crippen MR) is 107 cm³/mol. The lowest BCUT2D eigenvalue weighted by molar-refractivity contribution is 0.0628. The number of benzene rings is 1. The van der Waals surface area contributed by atoms with E-state index in [1.165, 1.54) is 5.56 Å². The molecule has 1 fully saturated rings. The Morgan fingerprint density at radius 3 is 2.61 bits per heavy atom. The molecule has 1 saturated heterocycles. The van der Waals surface area contributed by atoms with Crippen LogP contribution in [0, 0.1) is 0 Å². The van der Waals surface area contributed by atoms with E-state index in [1.54, 1.807) is 12.1 Å². The Balaban J connectivity index is 1.37. The highest BCUT2D eigenvalue weighted by Gasteiger charge is 2.24. The highest BCUT2D eigenvalue weighted by molar-refractivity contribution is 6.29. The molecule has 3 heterocycles. The van der Waals surface area contributed by atoms with Gasteiger partial charge in [-0.05, 0) is 29.8 Å². The molecule has 4 rings (SSSR count). The lowest BCUT2D eigenvalue weighted by atomic mass is 10.1. The molecule has 2 aliphatic heterocycles. The van der Waals surface area contributed by atoms with E-state index < -0.39 is 0 Å². The fourth-order valence-corrected chi connectivity index (χ4v) is 3.63. The largest absolute Gasteiger partial charge is 0.454 e. The van der Waals surface area contributed by atoms with E-state index in [1.807, 2.05) is 36.0 Å². The zero-order valence-corrected chi connectivity index (χ0v) is 16.8. The van der Waals surface area contributed by atoms with Gasteiger partial charge in [0.2, 0.25) is 6.79 Å². The van der Waals surface area contributed by atoms with Gasteiger partial charge in [0.05, 0.1) is 0 Å². The Morgan fingerprint density at radius 1 is 1.11 bits per heavy atom. The monoisotopic (exact) mass is 402 g/mol. The molecule has 2 aliphatic rings. The van der Waals surface area contributed by atoms with Gasteiger partial charge in [0, 0.05) is 52.4 Å². The van der Waals surface area contributed by atoms with Crippen molar-refractivity contribution in [3.8, 4) is 11.5 Å². The fraction of sp³-hybridized carbons (Fsp3) is 0.400. The van der Waals surface area contributed by atoms with Crippen LogP contribution in [-0.2, 0) is 6.54 Å². The number of ether oxygens (including phenoxy) is 2. The fourth-order valence-electron chi connectivity index (χ4n) is 3.42. The van der Waals surface area contributed by atoms with Crippen molar-refractivity contribution in [2.45, 2.75) is 6.54 Å². The molecule has 7 nitrogen and oxygen atoms in total. The number of halogens is 1. The van der Waals surface area contributed by atoms with Gasteiger partial charge in [-0.25, -0.2) is 4.98 Å². The number of nitrogens with zero attached hydrogens (tertiary/aromatic N) is 4. The number of piperazine rings is 1. The molecular weight excluding hydrogens is 380 g/mol. The lowest BCUT2D eigenvalue weighted by Crippen LogP contribution is -2.48. The topological polar surface area (TPSA) is 58.1 Å². The average molecular weight is 403 g/mol. The molecule has 1 amide bonds. The van der Waals surface area contributed by atoms with E-state index in [2.05, 4.69) is 16.0 Å². The highest BCUT2D eigenvalue weighted by atomic mass is 35.5. The molecule has 8 heteroatoms. The summed E-state index contributed by atoms with van der Waals surface area (Å²) >= 11 is 6.09. The Bertz CT molecular complexity index is 882. The molecule has 148 valence electrons. The number of carbonyl (C=O) groups is 1. The molecule has 0 unspecified atom stereocenters. The van der Waals surface area contributed by atoms with Gasteiger partial charge in [-0.15, -0.1) is 0 Å². The summed E-state index contributed by atoms with van der Waals surface area (Å²) in [6.45, 7) is 4.11. The Hall–Kier alpha value is -2.51. The molecule has 2 aromatic rings. The van der Waals surface area contributed by atoms with E-state index >= 15 is 0 Å². The third kappa shape index (κ3) is 4.00. The number of hydrogen-bond donors (Lipinski definition) is 0. The van der Waals surface area contributed by atoms with Crippen LogP contribution in [0.3, 0.4) is 0 Å². The lowest BCUT2D eigenvalue weighted by Gasteiger charge is -2.35. The molecule has 0 N–H and O–H groups in total. The Morgan fingerprint density at radius 2 is 1.86 bits per heavy atom. The first-order chi connectivity index (χ1) is 13.5. The van der Waals surface area contributed by atoms with Crippen LogP contribution in [0.5, 0.6) is 11.5 Å². The molecule has 28 heavy (non-hydrogen) atoms. The second kappa shape index (κ2) is 7.85. The Labute approximate surface area is 169 Å². The first kappa shape index (κ1) is 18.8. The number of carbonyl (C=O) groups excluding carboxylic acids is 1. The molecule has 0 spiro atoms. The van der Waals surface area contributed by atoms with Crippen LogP contribution < -0.4 is 14.4 Å². The van der Waals surface area contributed by atoms with E-state index in [9.17, 15) is 4.79 Å². The van der Waals surface area contributed by atoms with E-state index in [0.29, 0.717) is 29.6 Å². The summed E-state index contributed by atoms with van der Waals surface area (Å²) in [6.07, 6.45) is 0. The van der Waals surface area contributed by atoms with E-state index in [-0.39, 0.29) is 12.7 Å². The number of anilines is 1. The van der Waals surface area contributed by atoms with Crippen molar-refractivity contribution in [1.29, 1.82) is 0 Å². The van der Waals surface area contributed by atoms with Gasteiger partial charge in [-0.1, -0.05) is 17.7 Å². The zero-order valence-electron chi connectivity index (χ0n) is 16.0. The van der Waals surface area contributed by atoms with E-state index in [0.717, 1.165) is 31.1 Å². The summed E-state index contributed by atoms with van der Waals surface area (Å²) in [5.74, 6) is 2.28. The smallest absolute Gasteiger partial charge is 0.254 e. The van der Waals surface area contributed by atoms with Crippen LogP contribution in [0.2, 0.25) is 5.15 Å². The van der Waals surface area contributed by atoms with Crippen LogP contribution in [-0.4, -0.2) is 67.8 Å². The normalized spacial score (nSPS) is 16.3. The number of fused-ring (bicyclic) bond motifs is 1. The quantitative estimate of drug-likeness (QED) is 0.732. The summed E-state index contributed by atoms with van der Waals surface area (Å²) in [5.41, 5.74) is 1.76. The van der Waals surface area contributed by atoms with Crippen molar-refractivity contribution in [2.75, 3.05) is 52.0 Å². The summed E-state index contributed by atoms with van der Waals surface area (Å²) in [6, 6.07) is 9.46. The third-order valence-corrected chi connectivity index (χ3v) is 5.18. The number of rotatable bonds is 4. The third-order valence-electron chi connectivity index (χ3n) is 4.99. The molecule has 0 radical (unpaired) electrons. The molecular formula is C20H23ClN4O3. The first-order valence-corrected chi connectivity index (χ1v) is 9.62. The first-order valence-electron chi connectivity index (χ1n) is 9.24. The van der Waals surface area contributed by atoms with Crippen LogP contribution in [0.15, 0.2) is 30.3 Å². The maximum atomic E-state index is 12.9. The van der Waals surface area contributed by atoms with Gasteiger partial charge >= 0.3 is 0 Å². The maximum Gasteiger partial charge on any atom is 0.254 e. The maximum absolute atomic E-state index is 12.9. The van der Waals surface area contributed by atoms with Gasteiger partial charge in [0.15, 0.2) is 11.5 Å². The van der Waals surface area contributed by atoms with Gasteiger partial charge in [0.25, 0.3) is 5.91 Å². The van der Waals surface area contributed by atoms with Crippen molar-refractivity contribution in [1.82, 2.24) is 14.8 Å². The van der Waals surface area contributed by atoms with E-state index in [4.69, 9.17) is 21.1 Å². The highest BCUT2D eigenvalue weighted by Crippen LogP contribution is 2.32. The standard InChI is InChI=1S/C20H23ClN4O3/c1-23(2)19-11-15(10-18(21)22-19)20(26)25-7-5-24(6-8-25)12-14-3-4-16-17(9-14)28-13-27-16/h3-4,9-11H,5-8,12-13H2,1-2H3. The number of amides is 1. The molecule has 0 saturated carbocycles. The Kier molecular flexibility index (Phi) is 5.28. The van der Waals surface area contributed by atoms with Crippen LogP contribution >= 0.6 is 11.6 Å². The summed E-state index contributed by atoms with van der Waals surface area (Å²) in [7, 11) is 3.75. The SMILES string of the molecule is CN(C)c1cc(C(=O)N2CCN(Cc3ccc4c(c3)OCO4)CC2)cc(Cl)n1. The minimum Gasteiger partial charge on any atom is -0.454 e. The van der Waals surface area contributed by atoms with Crippen molar-refractivity contribution < 1.29 is 14.3 Å². The second-order valence-corrected chi connectivity index (χ2v) is 7.57. The van der Waals surface area contributed by atoms with Gasteiger partial charge in [-0.2, -0.15) is 0 Å². The second-order valence-electron chi connectivity index (χ2n) is 7.19. The van der Waals surface area contributed by atoms with Crippen molar-refractivity contribution in [3.05, 3.63) is 46.6 Å². The minimum atomic E-state index is -0.00451. The van der Waals surface area contributed by atoms with Crippen molar-refractivity contribution >= 4 is 23.3 Å². The number of hydrogen-bond acceptors (Lipinski definition) is 6. The van der Waals surface area contributed by atoms with Gasteiger partial charge in [-0.3, -0.25) is 9.69 Å². The van der Waals surface area contributed by atoms with Crippen LogP contribution in [0.25, 0.3) is 0 Å². The molecule has 1 aromatic carbocycles. The predicted octanol–water partition coefficient (Wildman–Crippen LogP) is 2.49. The minimum absolute atomic E-state index is 0.00451. The number of aromatic nitrogens is 1. The van der Waals surface area contributed by atoms with Gasteiger partial charge < -0.3 is 19.3 Å². The molecule has 0 bridgehead atoms. The average Bonchev–Trinajstić information content (AvgIpc) is 3.15. The van der Waals surface area contributed by atoms with Crippen molar-refractivity contribution in [3.63, 3.8) is 0 Å². The van der Waals surface area contributed by atoms with Crippen molar-refractivity contribution in [2.24, 2.45) is 0 Å². The summed E-state index contributed by atoms with van der Waals surface area (Å²) in [5, 5.41) is 0.330. The van der Waals surface area contributed by atoms with Crippen LogP contribution in [0.4, 0.5) is 5.82 Å². The summed E-state index contributed by atoms with van der Waals surface area (Å²) < 4.78 is 10.8. The molecule has 1 aromatic heterocycles. The summed E-state index contributed by atoms with van der Waals surface area (Å²) in [4.78, 5) is 23.2. The van der Waals surface area contributed by atoms with Crippen LogP contribution in [0.1, 0.15) is 15.9 Å². The molecule has 0 aliphatic carbocycles. The zero-order chi connectivity index (χ0) is 19.7. The molecule has 0 atom stereocenters. The van der Waals surface area contributed by atoms with Gasteiger partial charge in [0.1, 0.15) is 11.0 Å². The number of pyridine rings is 1.